The lowest BCUT2D eigenvalue weighted by Crippen LogP contribution is -2.65. The van der Waals surface area contributed by atoms with E-state index in [9.17, 15) is 14.4 Å². The number of halogens is 1. The van der Waals surface area contributed by atoms with Crippen LogP contribution in [-0.2, 0) is 23.9 Å². The molecule has 0 aromatic carbocycles. The zero-order valence-electron chi connectivity index (χ0n) is 10.6. The van der Waals surface area contributed by atoms with E-state index in [-0.39, 0.29) is 0 Å². The van der Waals surface area contributed by atoms with Crippen molar-refractivity contribution in [2.24, 2.45) is 5.92 Å². The van der Waals surface area contributed by atoms with E-state index in [0.29, 0.717) is 6.54 Å². The predicted octanol–water partition coefficient (Wildman–Crippen LogP) is -0.947. The van der Waals surface area contributed by atoms with Crippen molar-refractivity contribution in [3.8, 4) is 0 Å². The topological polar surface area (TPSA) is 93.7 Å². The standard InChI is InChI=1S/C12H13ClN2O5/c1-5(13)19-11(18)12-6(3-2-4-14-12)20-8-7(12)9(16)15-10(8)17/h2-3,5-8,14H,4H2,1H3,(H,15,16,17). The molecule has 2 N–H and O–H groups in total. The Labute approximate surface area is 119 Å². The number of ether oxygens (including phenoxy) is 2. The number of imide groups is 1. The Morgan fingerprint density at radius 1 is 1.55 bits per heavy atom. The van der Waals surface area contributed by atoms with Crippen molar-refractivity contribution < 1.29 is 23.9 Å². The van der Waals surface area contributed by atoms with E-state index in [4.69, 9.17) is 21.1 Å². The molecule has 2 fully saturated rings. The second-order valence-electron chi connectivity index (χ2n) is 4.93. The summed E-state index contributed by atoms with van der Waals surface area (Å²) in [5.74, 6) is -2.71. The molecule has 0 aromatic heterocycles. The Morgan fingerprint density at radius 2 is 2.30 bits per heavy atom. The van der Waals surface area contributed by atoms with Crippen LogP contribution in [0.3, 0.4) is 0 Å². The molecule has 3 rings (SSSR count). The van der Waals surface area contributed by atoms with E-state index >= 15 is 0 Å². The van der Waals surface area contributed by atoms with Crippen LogP contribution >= 0.6 is 11.6 Å². The van der Waals surface area contributed by atoms with Gasteiger partial charge in [-0.15, -0.1) is 0 Å². The monoisotopic (exact) mass is 300 g/mol. The van der Waals surface area contributed by atoms with Gasteiger partial charge in [-0.25, -0.2) is 4.79 Å². The molecule has 3 heterocycles. The molecule has 108 valence electrons. The predicted molar refractivity (Wildman–Crippen MR) is 66.6 cm³/mol. The Morgan fingerprint density at radius 3 is 3.00 bits per heavy atom. The Balaban J connectivity index is 2.03. The van der Waals surface area contributed by atoms with Gasteiger partial charge in [0.25, 0.3) is 5.91 Å². The van der Waals surface area contributed by atoms with E-state index < -0.39 is 47.0 Å². The molecule has 3 aliphatic rings. The maximum Gasteiger partial charge on any atom is 0.331 e. The molecule has 0 aromatic rings. The molecule has 0 spiro atoms. The Hall–Kier alpha value is -1.44. The van der Waals surface area contributed by atoms with E-state index in [2.05, 4.69) is 10.6 Å². The Kier molecular flexibility index (Phi) is 3.07. The van der Waals surface area contributed by atoms with Crippen LogP contribution in [0.1, 0.15) is 6.92 Å². The number of rotatable bonds is 2. The van der Waals surface area contributed by atoms with Gasteiger partial charge in [-0.2, -0.15) is 0 Å². The molecule has 0 radical (unpaired) electrons. The van der Waals surface area contributed by atoms with Gasteiger partial charge in [0.15, 0.2) is 17.2 Å². The van der Waals surface area contributed by atoms with Crippen molar-refractivity contribution in [3.63, 3.8) is 0 Å². The third-order valence-corrected chi connectivity index (χ3v) is 3.84. The number of fused-ring (bicyclic) bond motifs is 3. The van der Waals surface area contributed by atoms with E-state index in [1.165, 1.54) is 6.92 Å². The summed E-state index contributed by atoms with van der Waals surface area (Å²) >= 11 is 5.69. The number of amides is 2. The van der Waals surface area contributed by atoms with Gasteiger partial charge in [-0.1, -0.05) is 23.8 Å². The van der Waals surface area contributed by atoms with Crippen LogP contribution in [0.5, 0.6) is 0 Å². The highest BCUT2D eigenvalue weighted by atomic mass is 35.5. The lowest BCUT2D eigenvalue weighted by Gasteiger charge is -2.36. The Bertz CT molecular complexity index is 520. The van der Waals surface area contributed by atoms with Gasteiger partial charge in [0.1, 0.15) is 12.0 Å². The van der Waals surface area contributed by atoms with Gasteiger partial charge in [-0.3, -0.25) is 20.2 Å². The molecule has 2 saturated heterocycles. The number of alkyl halides is 1. The van der Waals surface area contributed by atoms with Crippen LogP contribution in [-0.4, -0.2) is 47.6 Å². The van der Waals surface area contributed by atoms with Crippen molar-refractivity contribution in [3.05, 3.63) is 12.2 Å². The van der Waals surface area contributed by atoms with Crippen molar-refractivity contribution in [2.45, 2.75) is 30.2 Å². The first-order valence-corrected chi connectivity index (χ1v) is 6.67. The summed E-state index contributed by atoms with van der Waals surface area (Å²) in [6.45, 7) is 1.87. The smallest absolute Gasteiger partial charge is 0.331 e. The van der Waals surface area contributed by atoms with Crippen LogP contribution in [0.2, 0.25) is 0 Å². The summed E-state index contributed by atoms with van der Waals surface area (Å²) in [6.07, 6.45) is 1.71. The first-order valence-electron chi connectivity index (χ1n) is 6.24. The molecule has 0 bridgehead atoms. The van der Waals surface area contributed by atoms with Gasteiger partial charge < -0.3 is 9.47 Å². The number of esters is 1. The second kappa shape index (κ2) is 4.54. The fourth-order valence-electron chi connectivity index (χ4n) is 2.97. The fourth-order valence-corrected chi connectivity index (χ4v) is 3.06. The minimum absolute atomic E-state index is 0.371. The first-order chi connectivity index (χ1) is 9.46. The van der Waals surface area contributed by atoms with E-state index in [1.54, 1.807) is 12.2 Å². The third-order valence-electron chi connectivity index (χ3n) is 3.75. The van der Waals surface area contributed by atoms with Crippen LogP contribution < -0.4 is 10.6 Å². The molecule has 0 saturated carbocycles. The largest absolute Gasteiger partial charge is 0.445 e. The van der Waals surface area contributed by atoms with Gasteiger partial charge in [0, 0.05) is 6.54 Å². The SMILES string of the molecule is CC(Cl)OC(=O)C12NCC=CC1OC1C(=O)NC(=O)C12. The lowest BCUT2D eigenvalue weighted by atomic mass is 9.78. The maximum absolute atomic E-state index is 12.4. The van der Waals surface area contributed by atoms with E-state index in [1.807, 2.05) is 0 Å². The van der Waals surface area contributed by atoms with Crippen LogP contribution in [0, 0.1) is 5.92 Å². The summed E-state index contributed by atoms with van der Waals surface area (Å²) in [4.78, 5) is 36.1. The van der Waals surface area contributed by atoms with Gasteiger partial charge >= 0.3 is 5.97 Å². The van der Waals surface area contributed by atoms with Crippen molar-refractivity contribution in [1.29, 1.82) is 0 Å². The average Bonchev–Trinajstić information content (AvgIpc) is 2.86. The second-order valence-corrected chi connectivity index (χ2v) is 5.55. The van der Waals surface area contributed by atoms with E-state index in [0.717, 1.165) is 0 Å². The summed E-state index contributed by atoms with van der Waals surface area (Å²) in [5.41, 5.74) is -2.25. The molecule has 5 atom stereocenters. The number of nitrogens with one attached hydrogen (secondary N) is 2. The molecule has 8 heteroatoms. The number of hydrogen-bond acceptors (Lipinski definition) is 6. The van der Waals surface area contributed by atoms with Gasteiger partial charge in [0.2, 0.25) is 5.91 Å². The number of carbonyl (C=O) groups is 3. The van der Waals surface area contributed by atoms with Crippen LogP contribution in [0.4, 0.5) is 0 Å². The molecule has 0 aliphatic carbocycles. The summed E-state index contributed by atoms with van der Waals surface area (Å²) < 4.78 is 10.6. The zero-order valence-corrected chi connectivity index (χ0v) is 11.3. The quantitative estimate of drug-likeness (QED) is 0.296. The van der Waals surface area contributed by atoms with Crippen molar-refractivity contribution in [2.75, 3.05) is 6.54 Å². The molecule has 5 unspecified atom stereocenters. The number of hydrogen-bond donors (Lipinski definition) is 2. The highest BCUT2D eigenvalue weighted by Crippen LogP contribution is 2.42. The van der Waals surface area contributed by atoms with Gasteiger partial charge in [-0.05, 0) is 6.92 Å². The zero-order chi connectivity index (χ0) is 14.5. The molecular formula is C12H13ClN2O5. The van der Waals surface area contributed by atoms with Crippen LogP contribution in [0.25, 0.3) is 0 Å². The summed E-state index contributed by atoms with van der Waals surface area (Å²) in [5, 5.41) is 5.14. The molecule has 3 aliphatic heterocycles. The number of carbonyl (C=O) groups excluding carboxylic acids is 3. The minimum atomic E-state index is -1.40. The molecule has 2 amide bonds. The van der Waals surface area contributed by atoms with Crippen LogP contribution in [0.15, 0.2) is 12.2 Å². The van der Waals surface area contributed by atoms with Crippen molar-refractivity contribution in [1.82, 2.24) is 10.6 Å². The summed E-state index contributed by atoms with van der Waals surface area (Å²) in [7, 11) is 0. The highest BCUT2D eigenvalue weighted by Gasteiger charge is 2.69. The minimum Gasteiger partial charge on any atom is -0.445 e. The van der Waals surface area contributed by atoms with Gasteiger partial charge in [0.05, 0.1) is 0 Å². The molecule has 20 heavy (non-hydrogen) atoms. The summed E-state index contributed by atoms with van der Waals surface area (Å²) in [6, 6.07) is 0. The molecule has 7 nitrogen and oxygen atoms in total. The molecular weight excluding hydrogens is 288 g/mol. The van der Waals surface area contributed by atoms with Crippen molar-refractivity contribution >= 4 is 29.4 Å². The highest BCUT2D eigenvalue weighted by molar-refractivity contribution is 6.20. The lowest BCUT2D eigenvalue weighted by molar-refractivity contribution is -0.158. The average molecular weight is 301 g/mol. The first kappa shape index (κ1) is 13.5. The normalized spacial score (nSPS) is 40.0. The fraction of sp³-hybridized carbons (Fsp3) is 0.583. The third kappa shape index (κ3) is 1.70. The maximum atomic E-state index is 12.4.